The summed E-state index contributed by atoms with van der Waals surface area (Å²) in [6.45, 7) is 5.87. The first-order chi connectivity index (χ1) is 16.3. The van der Waals surface area contributed by atoms with Gasteiger partial charge in [-0.05, 0) is 75.6 Å². The lowest BCUT2D eigenvalue weighted by atomic mass is 10.1. The second-order valence-electron chi connectivity index (χ2n) is 8.26. The summed E-state index contributed by atoms with van der Waals surface area (Å²) in [6, 6.07) is 23.7. The zero-order valence-corrected chi connectivity index (χ0v) is 20.7. The fraction of sp³-hybridized carbons (Fsp3) is 0.296. The number of rotatable bonds is 11. The van der Waals surface area contributed by atoms with Crippen molar-refractivity contribution in [2.24, 2.45) is 0 Å². The molecular weight excluding hydrogens is 448 g/mol. The third kappa shape index (κ3) is 6.84. The van der Waals surface area contributed by atoms with Gasteiger partial charge >= 0.3 is 0 Å². The average molecular weight is 481 g/mol. The summed E-state index contributed by atoms with van der Waals surface area (Å²) >= 11 is 0. The fourth-order valence-corrected chi connectivity index (χ4v) is 5.08. The molecule has 180 valence electrons. The van der Waals surface area contributed by atoms with E-state index in [4.69, 9.17) is 4.74 Å². The van der Waals surface area contributed by atoms with Crippen LogP contribution in [0.5, 0.6) is 5.75 Å². The maximum absolute atomic E-state index is 13.1. The topological polar surface area (TPSA) is 75.7 Å². The number of nitrogens with zero attached hydrogens (tertiary/aromatic N) is 1. The van der Waals surface area contributed by atoms with Gasteiger partial charge < -0.3 is 10.1 Å². The smallest absolute Gasteiger partial charge is 0.264 e. The predicted octanol–water partition coefficient (Wildman–Crippen LogP) is 4.73. The van der Waals surface area contributed by atoms with Crippen molar-refractivity contribution < 1.29 is 17.9 Å². The van der Waals surface area contributed by atoms with Crippen LogP contribution in [0.4, 0.5) is 5.69 Å². The molecule has 3 aromatic carbocycles. The molecule has 0 heterocycles. The quantitative estimate of drug-likeness (QED) is 0.431. The van der Waals surface area contributed by atoms with Crippen molar-refractivity contribution in [2.45, 2.75) is 44.6 Å². The SMILES string of the molecule is CCN(c1ccc(OCC(=O)NC(C)CCc2ccccc2)cc1)S(=O)(=O)c1ccc(C)cc1. The van der Waals surface area contributed by atoms with Gasteiger partial charge in [0.05, 0.1) is 10.6 Å². The average Bonchev–Trinajstić information content (AvgIpc) is 2.83. The molecule has 0 aromatic heterocycles. The first-order valence-electron chi connectivity index (χ1n) is 11.4. The number of hydrogen-bond donors (Lipinski definition) is 1. The molecule has 0 radical (unpaired) electrons. The van der Waals surface area contributed by atoms with Gasteiger partial charge in [-0.25, -0.2) is 8.42 Å². The minimum atomic E-state index is -3.67. The van der Waals surface area contributed by atoms with Gasteiger partial charge in [0.25, 0.3) is 15.9 Å². The van der Waals surface area contributed by atoms with Crippen molar-refractivity contribution >= 4 is 21.6 Å². The third-order valence-corrected chi connectivity index (χ3v) is 7.42. The molecule has 1 unspecified atom stereocenters. The molecule has 1 N–H and O–H groups in total. The molecule has 3 rings (SSSR count). The number of aryl methyl sites for hydroxylation is 2. The second kappa shape index (κ2) is 11.7. The highest BCUT2D eigenvalue weighted by Crippen LogP contribution is 2.26. The minimum absolute atomic E-state index is 0.0313. The fourth-order valence-electron chi connectivity index (χ4n) is 3.60. The first kappa shape index (κ1) is 25.3. The highest BCUT2D eigenvalue weighted by Gasteiger charge is 2.23. The second-order valence-corrected chi connectivity index (χ2v) is 10.1. The van der Waals surface area contributed by atoms with Crippen molar-refractivity contribution in [2.75, 3.05) is 17.5 Å². The van der Waals surface area contributed by atoms with E-state index in [-0.39, 0.29) is 23.5 Å². The summed E-state index contributed by atoms with van der Waals surface area (Å²) in [7, 11) is -3.67. The molecule has 0 aliphatic carbocycles. The van der Waals surface area contributed by atoms with Crippen LogP contribution in [0.15, 0.2) is 83.8 Å². The van der Waals surface area contributed by atoms with E-state index >= 15 is 0 Å². The Balaban J connectivity index is 1.53. The Morgan fingerprint density at radius 1 is 0.971 bits per heavy atom. The van der Waals surface area contributed by atoms with Crippen molar-refractivity contribution in [3.8, 4) is 5.75 Å². The molecule has 0 saturated carbocycles. The van der Waals surface area contributed by atoms with Crippen LogP contribution in [0, 0.1) is 6.92 Å². The molecule has 0 spiro atoms. The summed E-state index contributed by atoms with van der Waals surface area (Å²) in [5, 5.41) is 2.95. The van der Waals surface area contributed by atoms with Gasteiger partial charge in [0.1, 0.15) is 5.75 Å². The van der Waals surface area contributed by atoms with Crippen molar-refractivity contribution in [3.05, 3.63) is 90.0 Å². The van der Waals surface area contributed by atoms with Crippen LogP contribution in [0.3, 0.4) is 0 Å². The summed E-state index contributed by atoms with van der Waals surface area (Å²) in [6.07, 6.45) is 1.73. The zero-order chi connectivity index (χ0) is 24.6. The number of nitrogens with one attached hydrogen (secondary N) is 1. The van der Waals surface area contributed by atoms with Crippen LogP contribution in [0.2, 0.25) is 0 Å². The van der Waals surface area contributed by atoms with Crippen LogP contribution >= 0.6 is 0 Å². The van der Waals surface area contributed by atoms with E-state index in [2.05, 4.69) is 17.4 Å². The molecule has 6 nitrogen and oxygen atoms in total. The van der Waals surface area contributed by atoms with E-state index in [0.29, 0.717) is 18.0 Å². The maximum atomic E-state index is 13.1. The van der Waals surface area contributed by atoms with E-state index in [1.54, 1.807) is 55.5 Å². The van der Waals surface area contributed by atoms with Crippen LogP contribution in [0.25, 0.3) is 0 Å². The van der Waals surface area contributed by atoms with Crippen LogP contribution in [-0.2, 0) is 21.2 Å². The molecule has 0 fully saturated rings. The van der Waals surface area contributed by atoms with Crippen molar-refractivity contribution in [1.82, 2.24) is 5.32 Å². The van der Waals surface area contributed by atoms with Gasteiger partial charge in [-0.3, -0.25) is 9.10 Å². The standard InChI is InChI=1S/C27H32N2O4S/c1-4-29(34(31,32)26-18-10-21(2)11-19-26)24-14-16-25(17-15-24)33-20-27(30)28-22(3)12-13-23-8-6-5-7-9-23/h5-11,14-19,22H,4,12-13,20H2,1-3H3,(H,28,30). The Bertz CT molecular complexity index is 1160. The lowest BCUT2D eigenvalue weighted by molar-refractivity contribution is -0.123. The van der Waals surface area contributed by atoms with Gasteiger partial charge in [0.15, 0.2) is 6.61 Å². The highest BCUT2D eigenvalue weighted by atomic mass is 32.2. The summed E-state index contributed by atoms with van der Waals surface area (Å²) in [5.74, 6) is 0.307. The van der Waals surface area contributed by atoms with Gasteiger partial charge in [0.2, 0.25) is 0 Å². The lowest BCUT2D eigenvalue weighted by Gasteiger charge is -2.23. The molecular formula is C27H32N2O4S. The molecule has 1 atom stereocenters. The van der Waals surface area contributed by atoms with Crippen molar-refractivity contribution in [1.29, 1.82) is 0 Å². The Kier molecular flexibility index (Phi) is 8.71. The van der Waals surface area contributed by atoms with E-state index < -0.39 is 10.0 Å². The molecule has 0 bridgehead atoms. The molecule has 7 heteroatoms. The minimum Gasteiger partial charge on any atom is -0.484 e. The summed E-state index contributed by atoms with van der Waals surface area (Å²) in [5.41, 5.74) is 2.78. The highest BCUT2D eigenvalue weighted by molar-refractivity contribution is 7.92. The monoisotopic (exact) mass is 480 g/mol. The van der Waals surface area contributed by atoms with Crippen LogP contribution in [0.1, 0.15) is 31.4 Å². The predicted molar refractivity (Wildman–Crippen MR) is 136 cm³/mol. The van der Waals surface area contributed by atoms with E-state index in [1.165, 1.54) is 9.87 Å². The number of hydrogen-bond acceptors (Lipinski definition) is 4. The van der Waals surface area contributed by atoms with Gasteiger partial charge in [-0.1, -0.05) is 48.0 Å². The third-order valence-electron chi connectivity index (χ3n) is 5.51. The number of anilines is 1. The normalized spacial score (nSPS) is 12.1. The van der Waals surface area contributed by atoms with E-state index in [1.807, 2.05) is 32.0 Å². The number of benzene rings is 3. The number of ether oxygens (including phenoxy) is 1. The molecule has 1 amide bonds. The van der Waals surface area contributed by atoms with Gasteiger partial charge in [-0.15, -0.1) is 0 Å². The van der Waals surface area contributed by atoms with E-state index in [9.17, 15) is 13.2 Å². The molecule has 3 aromatic rings. The zero-order valence-electron chi connectivity index (χ0n) is 19.9. The van der Waals surface area contributed by atoms with Crippen LogP contribution < -0.4 is 14.4 Å². The van der Waals surface area contributed by atoms with Crippen LogP contribution in [-0.4, -0.2) is 33.5 Å². The summed E-state index contributed by atoms with van der Waals surface area (Å²) < 4.78 is 33.1. The number of carbonyl (C=O) groups is 1. The Morgan fingerprint density at radius 3 is 2.24 bits per heavy atom. The van der Waals surface area contributed by atoms with E-state index in [0.717, 1.165) is 18.4 Å². The largest absolute Gasteiger partial charge is 0.484 e. The molecule has 0 aliphatic heterocycles. The number of amides is 1. The first-order valence-corrected chi connectivity index (χ1v) is 12.9. The number of carbonyl (C=O) groups excluding carboxylic acids is 1. The van der Waals surface area contributed by atoms with Crippen molar-refractivity contribution in [3.63, 3.8) is 0 Å². The Hall–Kier alpha value is -3.32. The summed E-state index contributed by atoms with van der Waals surface area (Å²) in [4.78, 5) is 12.5. The Morgan fingerprint density at radius 2 is 1.62 bits per heavy atom. The number of sulfonamides is 1. The molecule has 0 saturated heterocycles. The molecule has 34 heavy (non-hydrogen) atoms. The maximum Gasteiger partial charge on any atom is 0.264 e. The Labute approximate surface area is 202 Å². The van der Waals surface area contributed by atoms with Gasteiger partial charge in [-0.2, -0.15) is 0 Å². The van der Waals surface area contributed by atoms with Gasteiger partial charge in [0, 0.05) is 12.6 Å². The lowest BCUT2D eigenvalue weighted by Crippen LogP contribution is -2.36. The molecule has 0 aliphatic rings.